The molecule has 1 N–H and O–H groups in total. The Hall–Kier alpha value is -2.77. The molecule has 2 amide bonds. The van der Waals surface area contributed by atoms with Crippen LogP contribution in [0.1, 0.15) is 11.1 Å². The molecule has 0 fully saturated rings. The number of nitrogens with zero attached hydrogens (tertiary/aromatic N) is 1. The van der Waals surface area contributed by atoms with Gasteiger partial charge in [0.2, 0.25) is 0 Å². The van der Waals surface area contributed by atoms with Crippen molar-refractivity contribution in [2.45, 2.75) is 6.92 Å². The lowest BCUT2D eigenvalue weighted by Gasteiger charge is -2.19. The van der Waals surface area contributed by atoms with Crippen LogP contribution in [0.4, 0.5) is 5.69 Å². The van der Waals surface area contributed by atoms with E-state index in [9.17, 15) is 14.7 Å². The molecule has 0 atom stereocenters. The van der Waals surface area contributed by atoms with Crippen LogP contribution in [0.5, 0.6) is 11.5 Å². The summed E-state index contributed by atoms with van der Waals surface area (Å²) >= 11 is 1.17. The average molecular weight is 399 g/mol. The van der Waals surface area contributed by atoms with E-state index in [0.29, 0.717) is 39.0 Å². The number of aliphatic hydroxyl groups excluding tert-OH is 1. The molecular weight excluding hydrogens is 378 g/mol. The van der Waals surface area contributed by atoms with Crippen LogP contribution in [-0.2, 0) is 9.59 Å². The molecule has 0 saturated carbocycles. The number of hydrogen-bond donors (Lipinski definition) is 1. The van der Waals surface area contributed by atoms with Gasteiger partial charge in [0.05, 0.1) is 37.0 Å². The van der Waals surface area contributed by atoms with Crippen molar-refractivity contribution >= 4 is 34.8 Å². The van der Waals surface area contributed by atoms with Crippen molar-refractivity contribution in [2.24, 2.45) is 0 Å². The maximum Gasteiger partial charge on any atom is 0.272 e. The number of ether oxygens (including phenoxy) is 2. The molecule has 6 nitrogen and oxygen atoms in total. The normalized spacial score (nSPS) is 14.1. The second-order valence-corrected chi connectivity index (χ2v) is 7.23. The zero-order valence-electron chi connectivity index (χ0n) is 15.9. The third kappa shape index (κ3) is 3.63. The first kappa shape index (κ1) is 20.0. The van der Waals surface area contributed by atoms with Gasteiger partial charge in [0.1, 0.15) is 11.5 Å². The number of amides is 2. The first-order chi connectivity index (χ1) is 13.5. The van der Waals surface area contributed by atoms with Gasteiger partial charge in [-0.05, 0) is 24.6 Å². The van der Waals surface area contributed by atoms with Gasteiger partial charge in [-0.3, -0.25) is 9.59 Å². The van der Waals surface area contributed by atoms with Gasteiger partial charge in [0.25, 0.3) is 11.8 Å². The predicted molar refractivity (Wildman–Crippen MR) is 110 cm³/mol. The molecule has 0 radical (unpaired) electrons. The van der Waals surface area contributed by atoms with Gasteiger partial charge in [-0.1, -0.05) is 29.8 Å². The van der Waals surface area contributed by atoms with Gasteiger partial charge in [0, 0.05) is 11.8 Å². The van der Waals surface area contributed by atoms with Crippen molar-refractivity contribution in [3.63, 3.8) is 0 Å². The van der Waals surface area contributed by atoms with E-state index >= 15 is 0 Å². The summed E-state index contributed by atoms with van der Waals surface area (Å²) in [6.45, 7) is 1.86. The van der Waals surface area contributed by atoms with Gasteiger partial charge in [-0.25, -0.2) is 4.90 Å². The Morgan fingerprint density at radius 2 is 1.71 bits per heavy atom. The van der Waals surface area contributed by atoms with Crippen LogP contribution in [0.15, 0.2) is 47.4 Å². The van der Waals surface area contributed by atoms with E-state index in [1.807, 2.05) is 31.2 Å². The molecule has 7 heteroatoms. The Morgan fingerprint density at radius 3 is 2.32 bits per heavy atom. The third-order valence-electron chi connectivity index (χ3n) is 4.35. The second-order valence-electron chi connectivity index (χ2n) is 6.13. The fourth-order valence-electron chi connectivity index (χ4n) is 2.95. The smallest absolute Gasteiger partial charge is 0.272 e. The number of carbonyl (C=O) groups is 2. The van der Waals surface area contributed by atoms with Gasteiger partial charge in [0.15, 0.2) is 0 Å². The summed E-state index contributed by atoms with van der Waals surface area (Å²) in [5.41, 5.74) is 2.41. The number of thioether (sulfide) groups is 1. The van der Waals surface area contributed by atoms with Crippen molar-refractivity contribution < 1.29 is 24.2 Å². The van der Waals surface area contributed by atoms with Crippen LogP contribution in [0.25, 0.3) is 5.57 Å². The molecule has 28 heavy (non-hydrogen) atoms. The lowest BCUT2D eigenvalue weighted by molar-refractivity contribution is -0.119. The molecule has 1 aliphatic heterocycles. The number of imide groups is 1. The quantitative estimate of drug-likeness (QED) is 0.722. The number of benzene rings is 2. The van der Waals surface area contributed by atoms with Gasteiger partial charge in [-0.15, -0.1) is 11.8 Å². The van der Waals surface area contributed by atoms with E-state index in [4.69, 9.17) is 9.47 Å². The number of aryl methyl sites for hydroxylation is 1. The summed E-state index contributed by atoms with van der Waals surface area (Å²) in [5.74, 6) is 0.386. The molecule has 146 valence electrons. The van der Waals surface area contributed by atoms with Crippen LogP contribution in [0.2, 0.25) is 0 Å². The van der Waals surface area contributed by atoms with Gasteiger partial charge >= 0.3 is 0 Å². The SMILES string of the molecule is COc1ccc(N2C(=O)C(SCCO)=C(c3ccc(C)cc3)C2=O)c(OC)c1. The lowest BCUT2D eigenvalue weighted by atomic mass is 10.0. The first-order valence-corrected chi connectivity index (χ1v) is 9.66. The van der Waals surface area contributed by atoms with Crippen LogP contribution < -0.4 is 14.4 Å². The molecule has 1 aliphatic rings. The summed E-state index contributed by atoms with van der Waals surface area (Å²) in [6.07, 6.45) is 0. The minimum atomic E-state index is -0.428. The molecule has 3 rings (SSSR count). The minimum Gasteiger partial charge on any atom is -0.497 e. The first-order valence-electron chi connectivity index (χ1n) is 8.67. The van der Waals surface area contributed by atoms with E-state index < -0.39 is 11.8 Å². The molecule has 1 heterocycles. The highest BCUT2D eigenvalue weighted by Gasteiger charge is 2.41. The fourth-order valence-corrected chi connectivity index (χ4v) is 3.81. The summed E-state index contributed by atoms with van der Waals surface area (Å²) < 4.78 is 10.6. The Morgan fingerprint density at radius 1 is 1.00 bits per heavy atom. The highest BCUT2D eigenvalue weighted by atomic mass is 32.2. The third-order valence-corrected chi connectivity index (χ3v) is 5.40. The molecule has 2 aromatic rings. The highest BCUT2D eigenvalue weighted by molar-refractivity contribution is 8.04. The number of hydrogen-bond acceptors (Lipinski definition) is 6. The van der Waals surface area contributed by atoms with E-state index in [1.54, 1.807) is 18.2 Å². The van der Waals surface area contributed by atoms with Crippen LogP contribution in [0.3, 0.4) is 0 Å². The van der Waals surface area contributed by atoms with Crippen LogP contribution in [-0.4, -0.2) is 43.5 Å². The summed E-state index contributed by atoms with van der Waals surface area (Å²) in [6, 6.07) is 12.4. The summed E-state index contributed by atoms with van der Waals surface area (Å²) in [5, 5.41) is 9.21. The number of rotatable bonds is 7. The fraction of sp³-hybridized carbons (Fsp3) is 0.238. The Bertz CT molecular complexity index is 936. The summed E-state index contributed by atoms with van der Waals surface area (Å²) in [7, 11) is 3.00. The lowest BCUT2D eigenvalue weighted by Crippen LogP contribution is -2.31. The molecule has 0 aromatic heterocycles. The molecule has 0 bridgehead atoms. The minimum absolute atomic E-state index is 0.0946. The topological polar surface area (TPSA) is 76.1 Å². The monoisotopic (exact) mass is 399 g/mol. The van der Waals surface area contributed by atoms with E-state index in [1.165, 1.54) is 26.0 Å². The molecular formula is C21H21NO5S. The zero-order chi connectivity index (χ0) is 20.3. The van der Waals surface area contributed by atoms with Crippen molar-refractivity contribution in [1.82, 2.24) is 0 Å². The van der Waals surface area contributed by atoms with Crippen LogP contribution in [0, 0.1) is 6.92 Å². The Balaban J connectivity index is 2.09. The predicted octanol–water partition coefficient (Wildman–Crippen LogP) is 3.02. The average Bonchev–Trinajstić information content (AvgIpc) is 2.96. The number of methoxy groups -OCH3 is 2. The maximum atomic E-state index is 13.3. The largest absolute Gasteiger partial charge is 0.497 e. The van der Waals surface area contributed by atoms with Gasteiger partial charge in [-0.2, -0.15) is 0 Å². The van der Waals surface area contributed by atoms with Crippen LogP contribution >= 0.6 is 11.8 Å². The molecule has 0 unspecified atom stereocenters. The zero-order valence-corrected chi connectivity index (χ0v) is 16.7. The second kappa shape index (κ2) is 8.50. The van der Waals surface area contributed by atoms with Gasteiger partial charge < -0.3 is 14.6 Å². The number of anilines is 1. The standard InChI is InChI=1S/C21H21NO5S/c1-13-4-6-14(7-5-13)18-19(28-11-10-23)21(25)22(20(18)24)16-9-8-15(26-2)12-17(16)27-3/h4-9,12,23H,10-11H2,1-3H3. The van der Waals surface area contributed by atoms with Crippen molar-refractivity contribution in [3.05, 3.63) is 58.5 Å². The molecule has 2 aromatic carbocycles. The highest BCUT2D eigenvalue weighted by Crippen LogP contribution is 2.42. The Labute approximate surface area is 167 Å². The van der Waals surface area contributed by atoms with Crippen molar-refractivity contribution in [3.8, 4) is 11.5 Å². The van der Waals surface area contributed by atoms with E-state index in [0.717, 1.165) is 10.5 Å². The molecule has 0 spiro atoms. The van der Waals surface area contributed by atoms with Crippen molar-refractivity contribution in [2.75, 3.05) is 31.5 Å². The molecule has 0 saturated heterocycles. The number of carbonyl (C=O) groups excluding carboxylic acids is 2. The summed E-state index contributed by atoms with van der Waals surface area (Å²) in [4.78, 5) is 27.9. The van der Waals surface area contributed by atoms with E-state index in [2.05, 4.69) is 0 Å². The maximum absolute atomic E-state index is 13.3. The van der Waals surface area contributed by atoms with E-state index in [-0.39, 0.29) is 6.61 Å². The Kier molecular flexibility index (Phi) is 6.06. The molecule has 0 aliphatic carbocycles. The van der Waals surface area contributed by atoms with Crippen molar-refractivity contribution in [1.29, 1.82) is 0 Å². The number of aliphatic hydroxyl groups is 1.